The smallest absolute Gasteiger partial charge is 0.137 e. The SMILES string of the molecule is Clc1ccc2oc3cc(N(c4ccccc4)c4ccccc4)ccc3c2c1. The predicted octanol–water partition coefficient (Wildman–Crippen LogP) is 7.71. The normalized spacial score (nSPS) is 11.1. The molecular weight excluding hydrogens is 354 g/mol. The first-order valence-corrected chi connectivity index (χ1v) is 9.19. The van der Waals surface area contributed by atoms with Crippen LogP contribution in [-0.4, -0.2) is 0 Å². The molecular formula is C24H16ClNO. The first kappa shape index (κ1) is 16.0. The summed E-state index contributed by atoms with van der Waals surface area (Å²) < 4.78 is 6.08. The van der Waals surface area contributed by atoms with Crippen LogP contribution < -0.4 is 4.90 Å². The van der Waals surface area contributed by atoms with E-state index in [-0.39, 0.29) is 0 Å². The number of anilines is 3. The molecule has 0 aliphatic rings. The Labute approximate surface area is 162 Å². The van der Waals surface area contributed by atoms with Crippen LogP contribution in [0.1, 0.15) is 0 Å². The average molecular weight is 370 g/mol. The van der Waals surface area contributed by atoms with Crippen LogP contribution in [0.2, 0.25) is 5.02 Å². The third kappa shape index (κ3) is 2.84. The topological polar surface area (TPSA) is 16.4 Å². The van der Waals surface area contributed by atoms with Crippen LogP contribution in [0.15, 0.2) is 101 Å². The molecule has 0 aliphatic carbocycles. The monoisotopic (exact) mass is 369 g/mol. The number of hydrogen-bond acceptors (Lipinski definition) is 2. The van der Waals surface area contributed by atoms with Crippen LogP contribution >= 0.6 is 11.6 Å². The van der Waals surface area contributed by atoms with Gasteiger partial charge in [-0.2, -0.15) is 0 Å². The minimum absolute atomic E-state index is 0.712. The van der Waals surface area contributed by atoms with Gasteiger partial charge in [0, 0.05) is 38.9 Å². The highest BCUT2D eigenvalue weighted by Crippen LogP contribution is 2.38. The Kier molecular flexibility index (Phi) is 3.84. The maximum Gasteiger partial charge on any atom is 0.137 e. The lowest BCUT2D eigenvalue weighted by atomic mass is 10.1. The molecule has 0 radical (unpaired) electrons. The molecule has 0 amide bonds. The summed E-state index contributed by atoms with van der Waals surface area (Å²) in [4.78, 5) is 2.22. The van der Waals surface area contributed by atoms with E-state index >= 15 is 0 Å². The summed E-state index contributed by atoms with van der Waals surface area (Å²) in [5.74, 6) is 0. The highest BCUT2D eigenvalue weighted by molar-refractivity contribution is 6.31. The van der Waals surface area contributed by atoms with Gasteiger partial charge >= 0.3 is 0 Å². The van der Waals surface area contributed by atoms with Crippen molar-refractivity contribution in [3.05, 3.63) is 102 Å². The number of fused-ring (bicyclic) bond motifs is 3. The molecule has 0 saturated carbocycles. The Morgan fingerprint density at radius 1 is 0.556 bits per heavy atom. The average Bonchev–Trinajstić information content (AvgIpc) is 3.07. The van der Waals surface area contributed by atoms with Gasteiger partial charge in [-0.15, -0.1) is 0 Å². The second-order valence-corrected chi connectivity index (χ2v) is 6.87. The van der Waals surface area contributed by atoms with Gasteiger partial charge in [-0.3, -0.25) is 0 Å². The zero-order chi connectivity index (χ0) is 18.2. The van der Waals surface area contributed by atoms with E-state index in [1.165, 1.54) is 0 Å². The molecule has 0 spiro atoms. The number of halogens is 1. The number of rotatable bonds is 3. The first-order valence-electron chi connectivity index (χ1n) is 8.82. The standard InChI is InChI=1S/C24H16ClNO/c25-17-11-14-23-22(15-17)21-13-12-20(16-24(21)27-23)26(18-7-3-1-4-8-18)19-9-5-2-6-10-19/h1-16H. The Bertz CT molecular complexity index is 1190. The summed E-state index contributed by atoms with van der Waals surface area (Å²) in [6.45, 7) is 0. The molecule has 3 heteroatoms. The predicted molar refractivity (Wildman–Crippen MR) is 113 cm³/mol. The Hall–Kier alpha value is -3.23. The van der Waals surface area contributed by atoms with Crippen LogP contribution in [-0.2, 0) is 0 Å². The van der Waals surface area contributed by atoms with Crippen molar-refractivity contribution in [3.63, 3.8) is 0 Å². The van der Waals surface area contributed by atoms with Gasteiger partial charge in [0.15, 0.2) is 0 Å². The molecule has 0 N–H and O–H groups in total. The van der Waals surface area contributed by atoms with Gasteiger partial charge in [0.2, 0.25) is 0 Å². The van der Waals surface area contributed by atoms with E-state index in [9.17, 15) is 0 Å². The van der Waals surface area contributed by atoms with E-state index in [2.05, 4.69) is 47.4 Å². The molecule has 0 aliphatic heterocycles. The number of nitrogens with zero attached hydrogens (tertiary/aromatic N) is 1. The third-order valence-corrected chi connectivity index (χ3v) is 4.94. The van der Waals surface area contributed by atoms with Gasteiger partial charge in [-0.25, -0.2) is 0 Å². The van der Waals surface area contributed by atoms with Crippen molar-refractivity contribution in [2.45, 2.75) is 0 Å². The van der Waals surface area contributed by atoms with Gasteiger partial charge < -0.3 is 9.32 Å². The summed E-state index contributed by atoms with van der Waals surface area (Å²) in [6, 6.07) is 32.7. The van der Waals surface area contributed by atoms with Gasteiger partial charge in [-0.05, 0) is 54.6 Å². The molecule has 1 heterocycles. The van der Waals surface area contributed by atoms with Crippen molar-refractivity contribution < 1.29 is 4.42 Å². The molecule has 4 aromatic carbocycles. The molecule has 0 fully saturated rings. The lowest BCUT2D eigenvalue weighted by Crippen LogP contribution is -2.09. The van der Waals surface area contributed by atoms with E-state index in [1.54, 1.807) is 0 Å². The quantitative estimate of drug-likeness (QED) is 0.324. The van der Waals surface area contributed by atoms with Crippen molar-refractivity contribution in [1.82, 2.24) is 0 Å². The summed E-state index contributed by atoms with van der Waals surface area (Å²) in [7, 11) is 0. The highest BCUT2D eigenvalue weighted by Gasteiger charge is 2.14. The van der Waals surface area contributed by atoms with Gasteiger partial charge in [0.05, 0.1) is 0 Å². The minimum Gasteiger partial charge on any atom is -0.456 e. The second kappa shape index (κ2) is 6.49. The van der Waals surface area contributed by atoms with Crippen molar-refractivity contribution in [3.8, 4) is 0 Å². The molecule has 0 saturated heterocycles. The lowest BCUT2D eigenvalue weighted by Gasteiger charge is -2.25. The zero-order valence-corrected chi connectivity index (χ0v) is 15.2. The largest absolute Gasteiger partial charge is 0.456 e. The number of benzene rings is 4. The van der Waals surface area contributed by atoms with Crippen LogP contribution in [0, 0.1) is 0 Å². The fraction of sp³-hybridized carbons (Fsp3) is 0. The molecule has 0 atom stereocenters. The van der Waals surface area contributed by atoms with Crippen molar-refractivity contribution >= 4 is 50.6 Å². The molecule has 27 heavy (non-hydrogen) atoms. The maximum absolute atomic E-state index is 6.17. The molecule has 5 rings (SSSR count). The van der Waals surface area contributed by atoms with Crippen LogP contribution in [0.5, 0.6) is 0 Å². The summed E-state index contributed by atoms with van der Waals surface area (Å²) in [6.07, 6.45) is 0. The fourth-order valence-electron chi connectivity index (χ4n) is 3.48. The van der Waals surface area contributed by atoms with E-state index in [4.69, 9.17) is 16.0 Å². The van der Waals surface area contributed by atoms with Gasteiger partial charge in [0.1, 0.15) is 11.2 Å². The van der Waals surface area contributed by atoms with Crippen molar-refractivity contribution in [1.29, 1.82) is 0 Å². The van der Waals surface area contributed by atoms with E-state index in [0.29, 0.717) is 5.02 Å². The second-order valence-electron chi connectivity index (χ2n) is 6.43. The maximum atomic E-state index is 6.17. The van der Waals surface area contributed by atoms with Gasteiger partial charge in [0.25, 0.3) is 0 Å². The number of hydrogen-bond donors (Lipinski definition) is 0. The Morgan fingerprint density at radius 2 is 1.22 bits per heavy atom. The molecule has 2 nitrogen and oxygen atoms in total. The summed E-state index contributed by atoms with van der Waals surface area (Å²) in [5, 5.41) is 2.82. The highest BCUT2D eigenvalue weighted by atomic mass is 35.5. The minimum atomic E-state index is 0.712. The van der Waals surface area contributed by atoms with E-state index in [1.807, 2.05) is 54.6 Å². The fourth-order valence-corrected chi connectivity index (χ4v) is 3.65. The van der Waals surface area contributed by atoms with Crippen LogP contribution in [0.3, 0.4) is 0 Å². The van der Waals surface area contributed by atoms with Gasteiger partial charge in [-0.1, -0.05) is 48.0 Å². The van der Waals surface area contributed by atoms with E-state index in [0.717, 1.165) is 39.0 Å². The number of para-hydroxylation sites is 2. The molecule has 1 aromatic heterocycles. The zero-order valence-electron chi connectivity index (χ0n) is 14.5. The van der Waals surface area contributed by atoms with Crippen LogP contribution in [0.25, 0.3) is 21.9 Å². The van der Waals surface area contributed by atoms with Crippen molar-refractivity contribution in [2.75, 3.05) is 4.90 Å². The third-order valence-electron chi connectivity index (χ3n) is 4.70. The molecule has 0 unspecified atom stereocenters. The number of furan rings is 1. The Balaban J connectivity index is 1.72. The van der Waals surface area contributed by atoms with Crippen molar-refractivity contribution in [2.24, 2.45) is 0 Å². The molecule has 0 bridgehead atoms. The van der Waals surface area contributed by atoms with E-state index < -0.39 is 0 Å². The summed E-state index contributed by atoms with van der Waals surface area (Å²) >= 11 is 6.17. The molecule has 130 valence electrons. The Morgan fingerprint density at radius 3 is 1.89 bits per heavy atom. The van der Waals surface area contributed by atoms with Crippen LogP contribution in [0.4, 0.5) is 17.1 Å². The summed E-state index contributed by atoms with van der Waals surface area (Å²) in [5.41, 5.74) is 4.94. The molecule has 5 aromatic rings. The first-order chi connectivity index (χ1) is 13.3. The lowest BCUT2D eigenvalue weighted by molar-refractivity contribution is 0.669.